The van der Waals surface area contributed by atoms with E-state index in [1.807, 2.05) is 20.8 Å². The summed E-state index contributed by atoms with van der Waals surface area (Å²) in [6, 6.07) is 4.01. The van der Waals surface area contributed by atoms with Gasteiger partial charge in [-0.05, 0) is 82.1 Å². The van der Waals surface area contributed by atoms with Gasteiger partial charge in [-0.2, -0.15) is 4.39 Å². The number of rotatable bonds is 10. The molecule has 0 spiro atoms. The van der Waals surface area contributed by atoms with Crippen LogP contribution in [-0.4, -0.2) is 80.5 Å². The molecule has 2 aromatic rings. The minimum Gasteiger partial charge on any atom is -0.481 e. The number of nitro groups is 1. The van der Waals surface area contributed by atoms with Crippen molar-refractivity contribution in [3.63, 3.8) is 0 Å². The number of carboxylic acids is 1. The maximum Gasteiger partial charge on any atom is 0.410 e. The minimum absolute atomic E-state index is 0.0375. The molecular formula is C33H42FN5O8. The van der Waals surface area contributed by atoms with Crippen LogP contribution in [0.5, 0.6) is 0 Å². The van der Waals surface area contributed by atoms with Crippen molar-refractivity contribution in [1.82, 2.24) is 20.1 Å². The molecule has 2 saturated heterocycles. The van der Waals surface area contributed by atoms with Crippen LogP contribution in [0.1, 0.15) is 77.3 Å². The maximum absolute atomic E-state index is 13.9. The van der Waals surface area contributed by atoms with Crippen molar-refractivity contribution < 1.29 is 38.3 Å². The second-order valence-corrected chi connectivity index (χ2v) is 13.2. The number of aliphatic carboxylic acids is 1. The lowest BCUT2D eigenvalue weighted by molar-refractivity contribution is -0.387. The topological polar surface area (TPSA) is 172 Å². The molecule has 2 atom stereocenters. The number of pyridine rings is 1. The first-order chi connectivity index (χ1) is 22.2. The van der Waals surface area contributed by atoms with E-state index in [0.29, 0.717) is 67.9 Å². The molecule has 1 aromatic heterocycles. The number of nitro benzene ring substituents is 1. The number of piperidine rings is 2. The van der Waals surface area contributed by atoms with Gasteiger partial charge in [0.2, 0.25) is 17.6 Å². The van der Waals surface area contributed by atoms with E-state index in [-0.39, 0.29) is 24.5 Å². The molecule has 47 heavy (non-hydrogen) atoms. The Labute approximate surface area is 272 Å². The van der Waals surface area contributed by atoms with E-state index in [9.17, 15) is 38.8 Å². The molecule has 3 amide bonds. The molecule has 0 radical (unpaired) electrons. The number of hydrogen-bond acceptors (Lipinski definition) is 8. The quantitative estimate of drug-likeness (QED) is 0.261. The molecule has 14 heteroatoms. The van der Waals surface area contributed by atoms with Crippen molar-refractivity contribution in [1.29, 1.82) is 0 Å². The van der Waals surface area contributed by atoms with Crippen LogP contribution in [-0.2, 0) is 19.1 Å². The van der Waals surface area contributed by atoms with Gasteiger partial charge in [0.15, 0.2) is 0 Å². The van der Waals surface area contributed by atoms with Gasteiger partial charge in [0.05, 0.1) is 23.3 Å². The number of carboxylic acid groups (broad SMARTS) is 1. The number of benzene rings is 1. The summed E-state index contributed by atoms with van der Waals surface area (Å²) >= 11 is 0. The first-order valence-corrected chi connectivity index (χ1v) is 15.9. The van der Waals surface area contributed by atoms with Crippen molar-refractivity contribution in [2.75, 3.05) is 26.2 Å². The third-order valence-electron chi connectivity index (χ3n) is 8.51. The van der Waals surface area contributed by atoms with Gasteiger partial charge in [-0.1, -0.05) is 6.07 Å². The van der Waals surface area contributed by atoms with E-state index in [1.165, 1.54) is 18.5 Å². The Balaban J connectivity index is 1.33. The van der Waals surface area contributed by atoms with Crippen LogP contribution in [0.25, 0.3) is 11.1 Å². The normalized spacial score (nSPS) is 17.9. The van der Waals surface area contributed by atoms with E-state index in [1.54, 1.807) is 15.9 Å². The lowest BCUT2D eigenvalue weighted by Crippen LogP contribution is -2.46. The number of carbonyl (C=O) groups is 4. The standard InChI is InChI=1S/C33H42FN5O8/c1-33(2,3)47-32(44)37-13-10-21(11-14-37)6-9-29(40)38-12-4-5-23(20-38)31(43)36-27(17-30(41)42)25-15-24(18-35-19-25)22-7-8-26(34)28(16-22)39(45)46/h7-8,15-16,18-19,21,23,27H,4-6,9-14,17,20H2,1-3H3,(H,36,43)(H,41,42)/t23-,27?/m1/s1. The summed E-state index contributed by atoms with van der Waals surface area (Å²) in [5, 5.41) is 23.6. The molecule has 13 nitrogen and oxygen atoms in total. The summed E-state index contributed by atoms with van der Waals surface area (Å²) in [5.41, 5.74) is -0.195. The third kappa shape index (κ3) is 9.93. The number of amides is 3. The van der Waals surface area contributed by atoms with Gasteiger partial charge >= 0.3 is 17.7 Å². The summed E-state index contributed by atoms with van der Waals surface area (Å²) in [7, 11) is 0. The second kappa shape index (κ2) is 15.3. The van der Waals surface area contributed by atoms with E-state index < -0.39 is 46.4 Å². The highest BCUT2D eigenvalue weighted by atomic mass is 19.1. The van der Waals surface area contributed by atoms with E-state index >= 15 is 0 Å². The number of hydrogen-bond donors (Lipinski definition) is 2. The molecule has 0 bridgehead atoms. The Hall–Kier alpha value is -4.62. The molecule has 0 saturated carbocycles. The minimum atomic E-state index is -1.16. The molecule has 1 aromatic carbocycles. The predicted molar refractivity (Wildman–Crippen MR) is 168 cm³/mol. The third-order valence-corrected chi connectivity index (χ3v) is 8.51. The van der Waals surface area contributed by atoms with Crippen molar-refractivity contribution in [2.24, 2.45) is 11.8 Å². The van der Waals surface area contributed by atoms with E-state index in [2.05, 4.69) is 10.3 Å². The zero-order chi connectivity index (χ0) is 34.3. The molecule has 2 aliphatic rings. The second-order valence-electron chi connectivity index (χ2n) is 13.2. The number of carbonyl (C=O) groups excluding carboxylic acids is 3. The highest BCUT2D eigenvalue weighted by Crippen LogP contribution is 2.29. The molecule has 2 aliphatic heterocycles. The predicted octanol–water partition coefficient (Wildman–Crippen LogP) is 5.09. The molecule has 2 N–H and O–H groups in total. The average Bonchev–Trinajstić information content (AvgIpc) is 3.02. The van der Waals surface area contributed by atoms with Crippen LogP contribution in [0, 0.1) is 27.8 Å². The van der Waals surface area contributed by atoms with Crippen molar-refractivity contribution in [3.05, 3.63) is 58.2 Å². The van der Waals surface area contributed by atoms with Crippen molar-refractivity contribution in [2.45, 2.75) is 77.4 Å². The average molecular weight is 656 g/mol. The van der Waals surface area contributed by atoms with Crippen molar-refractivity contribution in [3.8, 4) is 11.1 Å². The zero-order valence-corrected chi connectivity index (χ0v) is 26.9. The molecule has 2 fully saturated rings. The number of ether oxygens (including phenoxy) is 1. The summed E-state index contributed by atoms with van der Waals surface area (Å²) in [4.78, 5) is 68.5. The fraction of sp³-hybridized carbons (Fsp3) is 0.545. The molecule has 254 valence electrons. The van der Waals surface area contributed by atoms with Crippen LogP contribution in [0.3, 0.4) is 0 Å². The Kier molecular flexibility index (Phi) is 11.5. The molecular weight excluding hydrogens is 613 g/mol. The summed E-state index contributed by atoms with van der Waals surface area (Å²) < 4.78 is 19.3. The zero-order valence-electron chi connectivity index (χ0n) is 26.9. The van der Waals surface area contributed by atoms with Crippen molar-refractivity contribution >= 4 is 29.6 Å². The number of halogens is 1. The van der Waals surface area contributed by atoms with Gasteiger partial charge in [-0.25, -0.2) is 4.79 Å². The highest BCUT2D eigenvalue weighted by Gasteiger charge is 2.32. The molecule has 0 aliphatic carbocycles. The van der Waals surface area contributed by atoms with Crippen LogP contribution in [0.2, 0.25) is 0 Å². The Morgan fingerprint density at radius 1 is 1.09 bits per heavy atom. The number of aromatic nitrogens is 1. The van der Waals surface area contributed by atoms with Crippen LogP contribution in [0.4, 0.5) is 14.9 Å². The first kappa shape index (κ1) is 35.2. The fourth-order valence-corrected chi connectivity index (χ4v) is 5.99. The molecule has 4 rings (SSSR count). The van der Waals surface area contributed by atoms with Crippen LogP contribution >= 0.6 is 0 Å². The summed E-state index contributed by atoms with van der Waals surface area (Å²) in [5.74, 6) is -2.79. The SMILES string of the molecule is CC(C)(C)OC(=O)N1CCC(CCC(=O)N2CCC[C@@H](C(=O)NC(CC(=O)O)c3cncc(-c4ccc(F)c([N+](=O)[O-])c4)c3)C2)CC1. The Bertz CT molecular complexity index is 1490. The highest BCUT2D eigenvalue weighted by molar-refractivity contribution is 5.82. The van der Waals surface area contributed by atoms with Crippen LogP contribution in [0.15, 0.2) is 36.7 Å². The number of nitrogens with one attached hydrogen (secondary N) is 1. The number of nitrogens with zero attached hydrogens (tertiary/aromatic N) is 4. The van der Waals surface area contributed by atoms with Crippen LogP contribution < -0.4 is 5.32 Å². The lowest BCUT2D eigenvalue weighted by atomic mass is 9.91. The number of likely N-dealkylation sites (tertiary alicyclic amines) is 2. The lowest BCUT2D eigenvalue weighted by Gasteiger charge is -2.35. The largest absolute Gasteiger partial charge is 0.481 e. The van der Waals surface area contributed by atoms with Gasteiger partial charge in [0.1, 0.15) is 5.60 Å². The fourth-order valence-electron chi connectivity index (χ4n) is 5.99. The smallest absolute Gasteiger partial charge is 0.410 e. The van der Waals surface area contributed by atoms with Gasteiger partial charge in [-0.3, -0.25) is 29.5 Å². The van der Waals surface area contributed by atoms with E-state index in [0.717, 1.165) is 25.0 Å². The van der Waals surface area contributed by atoms with Gasteiger partial charge in [-0.15, -0.1) is 0 Å². The summed E-state index contributed by atoms with van der Waals surface area (Å²) in [6.45, 7) is 7.42. The van der Waals surface area contributed by atoms with E-state index in [4.69, 9.17) is 4.74 Å². The van der Waals surface area contributed by atoms with Gasteiger partial charge in [0.25, 0.3) is 0 Å². The molecule has 1 unspecified atom stereocenters. The Morgan fingerprint density at radius 3 is 2.47 bits per heavy atom. The monoisotopic (exact) mass is 655 g/mol. The van der Waals surface area contributed by atoms with Gasteiger partial charge < -0.3 is 25.0 Å². The van der Waals surface area contributed by atoms with Gasteiger partial charge in [0, 0.05) is 56.6 Å². The molecule has 3 heterocycles. The Morgan fingerprint density at radius 2 is 1.81 bits per heavy atom. The summed E-state index contributed by atoms with van der Waals surface area (Å²) in [6.07, 6.45) is 5.83. The first-order valence-electron chi connectivity index (χ1n) is 15.9. The maximum atomic E-state index is 13.9.